The fourth-order valence-corrected chi connectivity index (χ4v) is 2.00. The van der Waals surface area contributed by atoms with Gasteiger partial charge in [0.15, 0.2) is 0 Å². The van der Waals surface area contributed by atoms with Crippen LogP contribution in [-0.4, -0.2) is 17.6 Å². The third kappa shape index (κ3) is 5.64. The Morgan fingerprint density at radius 2 is 1.87 bits per heavy atom. The third-order valence-electron chi connectivity index (χ3n) is 3.21. The van der Waals surface area contributed by atoms with Crippen molar-refractivity contribution < 1.29 is 18.7 Å². The van der Waals surface area contributed by atoms with Crippen LogP contribution in [0.15, 0.2) is 54.6 Å². The first kappa shape index (κ1) is 16.8. The van der Waals surface area contributed by atoms with Crippen molar-refractivity contribution in [3.05, 3.63) is 77.4 Å². The summed E-state index contributed by atoms with van der Waals surface area (Å²) in [5, 5.41) is 12.5. The lowest BCUT2D eigenvalue weighted by atomic mass is 10.1. The molecule has 0 fully saturated rings. The summed E-state index contributed by atoms with van der Waals surface area (Å²) >= 11 is 0. The second-order valence-electron chi connectivity index (χ2n) is 5.03. The zero-order chi connectivity index (χ0) is 16.7. The standard InChI is InChI=1S/C18H17F2NO2/c19-15-9-7-14(8-10-15)17(22)12-21-18(23)6-2-4-13-3-1-5-16(20)11-13/h1-5,7-11,17,22H,6,12H2,(H,21,23)/b4-2+. The fraction of sp³-hybridized carbons (Fsp3) is 0.167. The minimum Gasteiger partial charge on any atom is -0.387 e. The van der Waals surface area contributed by atoms with Crippen LogP contribution >= 0.6 is 0 Å². The fourth-order valence-electron chi connectivity index (χ4n) is 2.00. The molecule has 0 bridgehead atoms. The van der Waals surface area contributed by atoms with Crippen molar-refractivity contribution in [3.63, 3.8) is 0 Å². The summed E-state index contributed by atoms with van der Waals surface area (Å²) in [7, 11) is 0. The van der Waals surface area contributed by atoms with Crippen LogP contribution in [0.5, 0.6) is 0 Å². The molecule has 120 valence electrons. The van der Waals surface area contributed by atoms with E-state index in [9.17, 15) is 18.7 Å². The number of aliphatic hydroxyl groups excluding tert-OH is 1. The number of hydrogen-bond acceptors (Lipinski definition) is 2. The molecule has 0 heterocycles. The van der Waals surface area contributed by atoms with Gasteiger partial charge in [-0.05, 0) is 35.4 Å². The minimum atomic E-state index is -0.897. The molecule has 3 nitrogen and oxygen atoms in total. The van der Waals surface area contributed by atoms with Crippen LogP contribution in [0.3, 0.4) is 0 Å². The minimum absolute atomic E-state index is 0.0400. The molecule has 2 aromatic carbocycles. The number of aliphatic hydroxyl groups is 1. The predicted octanol–water partition coefficient (Wildman–Crippen LogP) is 3.22. The highest BCUT2D eigenvalue weighted by molar-refractivity contribution is 5.78. The van der Waals surface area contributed by atoms with Crippen LogP contribution in [0.25, 0.3) is 6.08 Å². The van der Waals surface area contributed by atoms with E-state index in [1.807, 2.05) is 0 Å². The van der Waals surface area contributed by atoms with Crippen LogP contribution in [0.1, 0.15) is 23.7 Å². The summed E-state index contributed by atoms with van der Waals surface area (Å²) in [4.78, 5) is 11.7. The molecule has 2 aromatic rings. The monoisotopic (exact) mass is 317 g/mol. The Morgan fingerprint density at radius 1 is 1.13 bits per heavy atom. The number of halogens is 2. The summed E-state index contributed by atoms with van der Waals surface area (Å²) in [5.74, 6) is -0.981. The van der Waals surface area contributed by atoms with E-state index in [-0.39, 0.29) is 30.5 Å². The zero-order valence-electron chi connectivity index (χ0n) is 12.4. The summed E-state index contributed by atoms with van der Waals surface area (Å²) in [5.41, 5.74) is 1.20. The van der Waals surface area contributed by atoms with Crippen LogP contribution in [-0.2, 0) is 4.79 Å². The molecule has 0 aromatic heterocycles. The summed E-state index contributed by atoms with van der Waals surface area (Å²) < 4.78 is 25.8. The van der Waals surface area contributed by atoms with Gasteiger partial charge in [-0.15, -0.1) is 0 Å². The zero-order valence-corrected chi connectivity index (χ0v) is 12.4. The molecular formula is C18H17F2NO2. The molecule has 0 saturated heterocycles. The van der Waals surface area contributed by atoms with Gasteiger partial charge in [0.25, 0.3) is 0 Å². The van der Waals surface area contributed by atoms with Crippen molar-refractivity contribution >= 4 is 12.0 Å². The third-order valence-corrected chi connectivity index (χ3v) is 3.21. The van der Waals surface area contributed by atoms with E-state index in [0.717, 1.165) is 0 Å². The van der Waals surface area contributed by atoms with Gasteiger partial charge < -0.3 is 10.4 Å². The van der Waals surface area contributed by atoms with Gasteiger partial charge in [-0.25, -0.2) is 8.78 Å². The number of amides is 1. The lowest BCUT2D eigenvalue weighted by Crippen LogP contribution is -2.27. The van der Waals surface area contributed by atoms with Gasteiger partial charge in [0.1, 0.15) is 11.6 Å². The van der Waals surface area contributed by atoms with Crippen LogP contribution in [0.2, 0.25) is 0 Å². The molecule has 23 heavy (non-hydrogen) atoms. The maximum Gasteiger partial charge on any atom is 0.223 e. The van der Waals surface area contributed by atoms with E-state index in [1.165, 1.54) is 36.4 Å². The largest absolute Gasteiger partial charge is 0.387 e. The Morgan fingerprint density at radius 3 is 2.57 bits per heavy atom. The molecule has 0 aliphatic rings. The van der Waals surface area contributed by atoms with Gasteiger partial charge in [0.05, 0.1) is 6.10 Å². The van der Waals surface area contributed by atoms with Crippen LogP contribution < -0.4 is 5.32 Å². The molecule has 2 rings (SSSR count). The SMILES string of the molecule is O=C(C/C=C/c1cccc(F)c1)NCC(O)c1ccc(F)cc1. The number of rotatable bonds is 6. The number of carbonyl (C=O) groups excluding carboxylic acids is 1. The lowest BCUT2D eigenvalue weighted by molar-refractivity contribution is -0.120. The van der Waals surface area contributed by atoms with Crippen molar-refractivity contribution in [1.82, 2.24) is 5.32 Å². The molecule has 1 unspecified atom stereocenters. The average Bonchev–Trinajstić information content (AvgIpc) is 2.53. The molecule has 0 radical (unpaired) electrons. The number of nitrogens with one attached hydrogen (secondary N) is 1. The van der Waals surface area contributed by atoms with Crippen molar-refractivity contribution in [1.29, 1.82) is 0 Å². The summed E-state index contributed by atoms with van der Waals surface area (Å²) in [6.45, 7) is 0.0400. The van der Waals surface area contributed by atoms with Crippen molar-refractivity contribution in [2.75, 3.05) is 6.54 Å². The Hall–Kier alpha value is -2.53. The normalized spacial score (nSPS) is 12.3. The maximum absolute atomic E-state index is 13.0. The molecule has 0 aliphatic heterocycles. The molecule has 0 aliphatic carbocycles. The van der Waals surface area contributed by atoms with Gasteiger partial charge in [-0.1, -0.05) is 36.4 Å². The highest BCUT2D eigenvalue weighted by atomic mass is 19.1. The van der Waals surface area contributed by atoms with Crippen LogP contribution in [0, 0.1) is 11.6 Å². The van der Waals surface area contributed by atoms with Crippen molar-refractivity contribution in [2.45, 2.75) is 12.5 Å². The van der Waals surface area contributed by atoms with E-state index in [0.29, 0.717) is 11.1 Å². The first-order valence-electron chi connectivity index (χ1n) is 7.17. The molecule has 0 saturated carbocycles. The Balaban J connectivity index is 1.77. The molecular weight excluding hydrogens is 300 g/mol. The molecule has 5 heteroatoms. The van der Waals surface area contributed by atoms with E-state index < -0.39 is 6.10 Å². The van der Waals surface area contributed by atoms with E-state index in [4.69, 9.17) is 0 Å². The number of benzene rings is 2. The Bertz CT molecular complexity index is 684. The first-order chi connectivity index (χ1) is 11.0. The van der Waals surface area contributed by atoms with Gasteiger partial charge in [0, 0.05) is 13.0 Å². The summed E-state index contributed by atoms with van der Waals surface area (Å²) in [6.07, 6.45) is 2.49. The van der Waals surface area contributed by atoms with E-state index >= 15 is 0 Å². The number of hydrogen-bond donors (Lipinski definition) is 2. The maximum atomic E-state index is 13.0. The topological polar surface area (TPSA) is 49.3 Å². The predicted molar refractivity (Wildman–Crippen MR) is 84.4 cm³/mol. The van der Waals surface area contributed by atoms with Gasteiger partial charge >= 0.3 is 0 Å². The van der Waals surface area contributed by atoms with E-state index in [1.54, 1.807) is 24.3 Å². The van der Waals surface area contributed by atoms with E-state index in [2.05, 4.69) is 5.32 Å². The highest BCUT2D eigenvalue weighted by Crippen LogP contribution is 2.12. The molecule has 0 spiro atoms. The van der Waals surface area contributed by atoms with Gasteiger partial charge in [-0.3, -0.25) is 4.79 Å². The lowest BCUT2D eigenvalue weighted by Gasteiger charge is -2.11. The molecule has 2 N–H and O–H groups in total. The van der Waals surface area contributed by atoms with Crippen molar-refractivity contribution in [2.24, 2.45) is 0 Å². The van der Waals surface area contributed by atoms with Crippen LogP contribution in [0.4, 0.5) is 8.78 Å². The quantitative estimate of drug-likeness (QED) is 0.859. The highest BCUT2D eigenvalue weighted by Gasteiger charge is 2.08. The Labute approximate surface area is 133 Å². The summed E-state index contributed by atoms with van der Waals surface area (Å²) in [6, 6.07) is 11.5. The van der Waals surface area contributed by atoms with Gasteiger partial charge in [0.2, 0.25) is 5.91 Å². The molecule has 1 atom stereocenters. The Kier molecular flexibility index (Phi) is 6.00. The second-order valence-corrected chi connectivity index (χ2v) is 5.03. The smallest absolute Gasteiger partial charge is 0.223 e. The molecule has 1 amide bonds. The van der Waals surface area contributed by atoms with Gasteiger partial charge in [-0.2, -0.15) is 0 Å². The average molecular weight is 317 g/mol. The van der Waals surface area contributed by atoms with Crippen molar-refractivity contribution in [3.8, 4) is 0 Å². The number of carbonyl (C=O) groups is 1. The first-order valence-corrected chi connectivity index (χ1v) is 7.17. The second kappa shape index (κ2) is 8.19.